The van der Waals surface area contributed by atoms with Crippen molar-refractivity contribution in [1.82, 2.24) is 9.97 Å². The molecule has 0 radical (unpaired) electrons. The molecule has 1 aliphatic rings. The van der Waals surface area contributed by atoms with Crippen LogP contribution in [0, 0.1) is 0 Å². The van der Waals surface area contributed by atoms with E-state index < -0.39 is 0 Å². The number of rotatable bonds is 4. The van der Waals surface area contributed by atoms with E-state index in [-0.39, 0.29) is 18.4 Å². The van der Waals surface area contributed by atoms with Crippen LogP contribution < -0.4 is 15.0 Å². The number of pyridine rings is 1. The zero-order valence-corrected chi connectivity index (χ0v) is 16.2. The maximum absolute atomic E-state index is 12.4. The minimum Gasteiger partial charge on any atom is -0.482 e. The molecule has 0 bridgehead atoms. The van der Waals surface area contributed by atoms with E-state index in [1.54, 1.807) is 36.5 Å². The van der Waals surface area contributed by atoms with E-state index in [0.29, 0.717) is 22.1 Å². The van der Waals surface area contributed by atoms with Crippen molar-refractivity contribution in [1.29, 1.82) is 0 Å². The summed E-state index contributed by atoms with van der Waals surface area (Å²) in [6.07, 6.45) is 3.93. The van der Waals surface area contributed by atoms with Crippen molar-refractivity contribution in [3.05, 3.63) is 53.2 Å². The SMILES string of the molecule is CCc1sc(NC(=O)c2ccncc2)nc1-c1ccc2c(c1)N(C)C(=O)CO2. The van der Waals surface area contributed by atoms with Gasteiger partial charge in [0.15, 0.2) is 11.7 Å². The normalized spacial score (nSPS) is 13.1. The Labute approximate surface area is 166 Å². The first kappa shape index (κ1) is 18.1. The van der Waals surface area contributed by atoms with E-state index in [1.165, 1.54) is 11.3 Å². The van der Waals surface area contributed by atoms with Crippen LogP contribution in [0.25, 0.3) is 11.3 Å². The number of nitrogens with one attached hydrogen (secondary N) is 1. The highest BCUT2D eigenvalue weighted by Gasteiger charge is 2.24. The van der Waals surface area contributed by atoms with E-state index in [4.69, 9.17) is 4.74 Å². The number of thiazole rings is 1. The molecule has 1 aromatic carbocycles. The molecule has 0 spiro atoms. The molecule has 8 heteroatoms. The Balaban J connectivity index is 1.66. The lowest BCUT2D eigenvalue weighted by Gasteiger charge is -2.26. The zero-order valence-electron chi connectivity index (χ0n) is 15.4. The molecular weight excluding hydrogens is 376 g/mol. The molecule has 1 aliphatic heterocycles. The lowest BCUT2D eigenvalue weighted by Crippen LogP contribution is -2.35. The van der Waals surface area contributed by atoms with Crippen molar-refractivity contribution >= 4 is 34.0 Å². The molecular formula is C20H18N4O3S. The first-order chi connectivity index (χ1) is 13.6. The van der Waals surface area contributed by atoms with Gasteiger partial charge in [-0.15, -0.1) is 11.3 Å². The quantitative estimate of drug-likeness (QED) is 0.733. The molecule has 7 nitrogen and oxygen atoms in total. The number of fused-ring (bicyclic) bond motifs is 1. The van der Waals surface area contributed by atoms with E-state index in [2.05, 4.69) is 15.3 Å². The summed E-state index contributed by atoms with van der Waals surface area (Å²) in [5.41, 5.74) is 2.91. The molecule has 4 rings (SSSR count). The van der Waals surface area contributed by atoms with Gasteiger partial charge < -0.3 is 9.64 Å². The smallest absolute Gasteiger partial charge is 0.264 e. The summed E-state index contributed by atoms with van der Waals surface area (Å²) in [6, 6.07) is 8.98. The number of anilines is 2. The summed E-state index contributed by atoms with van der Waals surface area (Å²) in [4.78, 5) is 35.5. The fraction of sp³-hybridized carbons (Fsp3) is 0.200. The minimum atomic E-state index is -0.227. The van der Waals surface area contributed by atoms with Crippen LogP contribution in [0.2, 0.25) is 0 Å². The summed E-state index contributed by atoms with van der Waals surface area (Å²) < 4.78 is 5.49. The highest BCUT2D eigenvalue weighted by molar-refractivity contribution is 7.16. The third-order valence-corrected chi connectivity index (χ3v) is 5.62. The van der Waals surface area contributed by atoms with Crippen LogP contribution in [0.5, 0.6) is 5.75 Å². The molecule has 3 heterocycles. The average molecular weight is 394 g/mol. The van der Waals surface area contributed by atoms with Gasteiger partial charge >= 0.3 is 0 Å². The van der Waals surface area contributed by atoms with Gasteiger partial charge in [-0.25, -0.2) is 4.98 Å². The van der Waals surface area contributed by atoms with Crippen LogP contribution >= 0.6 is 11.3 Å². The van der Waals surface area contributed by atoms with E-state index >= 15 is 0 Å². The van der Waals surface area contributed by atoms with Gasteiger partial charge in [-0.05, 0) is 36.8 Å². The number of hydrogen-bond acceptors (Lipinski definition) is 6. The van der Waals surface area contributed by atoms with Crippen LogP contribution in [-0.2, 0) is 11.2 Å². The van der Waals surface area contributed by atoms with Crippen molar-refractivity contribution < 1.29 is 14.3 Å². The molecule has 3 aromatic rings. The number of carbonyl (C=O) groups excluding carboxylic acids is 2. The number of ether oxygens (including phenoxy) is 1. The summed E-state index contributed by atoms with van der Waals surface area (Å²) in [6.45, 7) is 2.09. The lowest BCUT2D eigenvalue weighted by atomic mass is 10.1. The van der Waals surface area contributed by atoms with Crippen molar-refractivity contribution in [2.45, 2.75) is 13.3 Å². The monoisotopic (exact) mass is 394 g/mol. The second kappa shape index (κ2) is 7.40. The number of aromatic nitrogens is 2. The van der Waals surface area contributed by atoms with Gasteiger partial charge in [-0.2, -0.15) is 0 Å². The Kier molecular flexibility index (Phi) is 4.79. The summed E-state index contributed by atoms with van der Waals surface area (Å²) >= 11 is 1.45. The van der Waals surface area contributed by atoms with Gasteiger partial charge in [0.2, 0.25) is 0 Å². The Morgan fingerprint density at radius 3 is 2.82 bits per heavy atom. The van der Waals surface area contributed by atoms with Crippen LogP contribution in [0.15, 0.2) is 42.7 Å². The molecule has 0 fully saturated rings. The molecule has 2 aromatic heterocycles. The van der Waals surface area contributed by atoms with Crippen LogP contribution in [0.1, 0.15) is 22.2 Å². The van der Waals surface area contributed by atoms with E-state index in [1.807, 2.05) is 25.1 Å². The van der Waals surface area contributed by atoms with Crippen LogP contribution in [0.4, 0.5) is 10.8 Å². The fourth-order valence-corrected chi connectivity index (χ4v) is 3.88. The predicted octanol–water partition coefficient (Wildman–Crippen LogP) is 3.38. The van der Waals surface area contributed by atoms with Crippen molar-refractivity contribution in [2.75, 3.05) is 23.9 Å². The molecule has 1 N–H and O–H groups in total. The van der Waals surface area contributed by atoms with Gasteiger partial charge in [0.25, 0.3) is 11.8 Å². The number of nitrogens with zero attached hydrogens (tertiary/aromatic N) is 3. The number of amides is 2. The largest absolute Gasteiger partial charge is 0.482 e. The van der Waals surface area contributed by atoms with Crippen LogP contribution in [-0.4, -0.2) is 35.4 Å². The number of benzene rings is 1. The van der Waals surface area contributed by atoms with Gasteiger partial charge in [-0.1, -0.05) is 6.92 Å². The van der Waals surface area contributed by atoms with E-state index in [0.717, 1.165) is 22.6 Å². The molecule has 28 heavy (non-hydrogen) atoms. The summed E-state index contributed by atoms with van der Waals surface area (Å²) in [7, 11) is 1.73. The van der Waals surface area contributed by atoms with Gasteiger partial charge in [-0.3, -0.25) is 19.9 Å². The van der Waals surface area contributed by atoms with Gasteiger partial charge in [0, 0.05) is 35.4 Å². The standard InChI is InChI=1S/C20H18N4O3S/c1-3-16-18(13-4-5-15-14(10-13)24(2)17(25)11-27-15)22-20(28-16)23-19(26)12-6-8-21-9-7-12/h4-10H,3,11H2,1-2H3,(H,22,23,26). The first-order valence-electron chi connectivity index (χ1n) is 8.81. The second-order valence-electron chi connectivity index (χ2n) is 6.26. The Bertz CT molecular complexity index is 1050. The highest BCUT2D eigenvalue weighted by Crippen LogP contribution is 2.38. The minimum absolute atomic E-state index is 0.0466. The average Bonchev–Trinajstić information content (AvgIpc) is 3.14. The van der Waals surface area contributed by atoms with Crippen molar-refractivity contribution in [3.8, 4) is 17.0 Å². The number of hydrogen-bond donors (Lipinski definition) is 1. The summed E-state index contributed by atoms with van der Waals surface area (Å²) in [5, 5.41) is 3.39. The van der Waals surface area contributed by atoms with E-state index in [9.17, 15) is 9.59 Å². The number of likely N-dealkylation sites (N-methyl/N-ethyl adjacent to an activating group) is 1. The Morgan fingerprint density at radius 2 is 2.07 bits per heavy atom. The number of carbonyl (C=O) groups is 2. The van der Waals surface area contributed by atoms with Crippen molar-refractivity contribution in [3.63, 3.8) is 0 Å². The summed E-state index contributed by atoms with van der Waals surface area (Å²) in [5.74, 6) is 0.351. The van der Waals surface area contributed by atoms with Gasteiger partial charge in [0.05, 0.1) is 11.4 Å². The molecule has 0 atom stereocenters. The van der Waals surface area contributed by atoms with Crippen LogP contribution in [0.3, 0.4) is 0 Å². The fourth-order valence-electron chi connectivity index (χ4n) is 2.96. The molecule has 142 valence electrons. The zero-order chi connectivity index (χ0) is 19.7. The van der Waals surface area contributed by atoms with Gasteiger partial charge in [0.1, 0.15) is 5.75 Å². The maximum Gasteiger partial charge on any atom is 0.264 e. The topological polar surface area (TPSA) is 84.4 Å². The molecule has 0 saturated heterocycles. The van der Waals surface area contributed by atoms with Crippen molar-refractivity contribution in [2.24, 2.45) is 0 Å². The molecule has 0 unspecified atom stereocenters. The maximum atomic E-state index is 12.4. The first-order valence-corrected chi connectivity index (χ1v) is 9.63. The third-order valence-electron chi connectivity index (χ3n) is 4.50. The lowest BCUT2D eigenvalue weighted by molar-refractivity contribution is -0.120. The predicted molar refractivity (Wildman–Crippen MR) is 108 cm³/mol. The third kappa shape index (κ3) is 3.34. The highest BCUT2D eigenvalue weighted by atomic mass is 32.1. The Morgan fingerprint density at radius 1 is 1.29 bits per heavy atom. The molecule has 0 saturated carbocycles. The molecule has 0 aliphatic carbocycles. The number of aryl methyl sites for hydroxylation is 1. The Hall–Kier alpha value is -3.26. The second-order valence-corrected chi connectivity index (χ2v) is 7.34. The molecule has 2 amide bonds.